The maximum Gasteiger partial charge on any atom is 0.315 e. The van der Waals surface area contributed by atoms with Gasteiger partial charge in [0, 0.05) is 63.2 Å². The first kappa shape index (κ1) is 17.8. The van der Waals surface area contributed by atoms with Gasteiger partial charge in [-0.25, -0.2) is 4.79 Å². The number of piperidine rings is 2. The van der Waals surface area contributed by atoms with Crippen molar-refractivity contribution in [2.24, 2.45) is 11.7 Å². The van der Waals surface area contributed by atoms with Gasteiger partial charge in [-0.05, 0) is 24.9 Å². The third-order valence-corrected chi connectivity index (χ3v) is 6.35. The Bertz CT molecular complexity index is 606. The van der Waals surface area contributed by atoms with E-state index in [0.717, 1.165) is 52.1 Å². The highest BCUT2D eigenvalue weighted by molar-refractivity contribution is 5.74. The zero-order valence-electron chi connectivity index (χ0n) is 15.5. The van der Waals surface area contributed by atoms with Crippen LogP contribution < -0.4 is 16.4 Å². The highest BCUT2D eigenvalue weighted by Crippen LogP contribution is 2.43. The van der Waals surface area contributed by atoms with Gasteiger partial charge in [-0.1, -0.05) is 30.3 Å². The van der Waals surface area contributed by atoms with Gasteiger partial charge in [0.2, 0.25) is 0 Å². The number of rotatable bonds is 6. The molecule has 0 aromatic heterocycles. The van der Waals surface area contributed by atoms with Gasteiger partial charge in [-0.3, -0.25) is 0 Å². The fourth-order valence-electron chi connectivity index (χ4n) is 5.23. The van der Waals surface area contributed by atoms with Crippen LogP contribution in [-0.4, -0.2) is 74.2 Å². The van der Waals surface area contributed by atoms with E-state index in [2.05, 4.69) is 50.8 Å². The second-order valence-electron chi connectivity index (χ2n) is 8.13. The van der Waals surface area contributed by atoms with Crippen LogP contribution in [0, 0.1) is 5.92 Å². The van der Waals surface area contributed by atoms with Gasteiger partial charge in [-0.15, -0.1) is 0 Å². The van der Waals surface area contributed by atoms with Crippen molar-refractivity contribution in [1.82, 2.24) is 20.4 Å². The Kier molecular flexibility index (Phi) is 5.16. The number of nitrogens with two attached hydrogens (primary N) is 1. The lowest BCUT2D eigenvalue weighted by atomic mass is 9.64. The van der Waals surface area contributed by atoms with Crippen LogP contribution in [0.15, 0.2) is 30.3 Å². The van der Waals surface area contributed by atoms with Gasteiger partial charge < -0.3 is 26.2 Å². The molecule has 4 heterocycles. The largest absolute Gasteiger partial charge is 0.338 e. The first-order valence-electron chi connectivity index (χ1n) is 9.96. The van der Waals surface area contributed by atoms with Crippen molar-refractivity contribution in [3.8, 4) is 0 Å². The van der Waals surface area contributed by atoms with Crippen molar-refractivity contribution in [2.75, 3.05) is 52.4 Å². The zero-order valence-corrected chi connectivity index (χ0v) is 15.5. The van der Waals surface area contributed by atoms with Gasteiger partial charge in [0.15, 0.2) is 0 Å². The molecule has 2 amide bonds. The molecule has 6 heteroatoms. The Hall–Kier alpha value is -1.63. The predicted molar refractivity (Wildman–Crippen MR) is 103 cm³/mol. The number of carbonyl (C=O) groups is 1. The number of amides is 2. The van der Waals surface area contributed by atoms with Gasteiger partial charge in [0.25, 0.3) is 0 Å². The number of nitrogens with zero attached hydrogens (tertiary/aromatic N) is 2. The fraction of sp³-hybridized carbons (Fsp3) is 0.650. The van der Waals surface area contributed by atoms with Crippen LogP contribution in [0.5, 0.6) is 0 Å². The van der Waals surface area contributed by atoms with E-state index in [4.69, 9.17) is 5.73 Å². The Morgan fingerprint density at radius 2 is 1.81 bits per heavy atom. The molecule has 1 aromatic carbocycles. The first-order chi connectivity index (χ1) is 12.7. The van der Waals surface area contributed by atoms with Crippen molar-refractivity contribution in [1.29, 1.82) is 0 Å². The van der Waals surface area contributed by atoms with E-state index < -0.39 is 0 Å². The van der Waals surface area contributed by atoms with Crippen molar-refractivity contribution in [2.45, 2.75) is 24.3 Å². The van der Waals surface area contributed by atoms with Crippen LogP contribution in [0.3, 0.4) is 0 Å². The Morgan fingerprint density at radius 3 is 2.46 bits per heavy atom. The molecule has 0 spiro atoms. The predicted octanol–water partition coefficient (Wildman–Crippen LogP) is 0.592. The summed E-state index contributed by atoms with van der Waals surface area (Å²) < 4.78 is 0. The lowest BCUT2D eigenvalue weighted by Gasteiger charge is -2.55. The number of unbranched alkanes of at least 4 members (excludes halogenated alkanes) is 1. The molecule has 4 aliphatic heterocycles. The number of fused-ring (bicyclic) bond motifs is 1. The molecule has 0 aliphatic carbocycles. The molecular weight excluding hydrogens is 326 g/mol. The van der Waals surface area contributed by atoms with Crippen molar-refractivity contribution >= 4 is 6.03 Å². The molecule has 3 atom stereocenters. The summed E-state index contributed by atoms with van der Waals surface area (Å²) in [7, 11) is 0. The van der Waals surface area contributed by atoms with Crippen molar-refractivity contribution < 1.29 is 4.79 Å². The summed E-state index contributed by atoms with van der Waals surface area (Å²) in [6.45, 7) is 7.89. The highest BCUT2D eigenvalue weighted by Gasteiger charge is 2.55. The molecule has 1 aromatic rings. The molecule has 4 bridgehead atoms. The molecule has 26 heavy (non-hydrogen) atoms. The average molecular weight is 358 g/mol. The van der Waals surface area contributed by atoms with Crippen molar-refractivity contribution in [3.05, 3.63) is 35.9 Å². The zero-order chi connectivity index (χ0) is 18.0. The number of hydrogen-bond donors (Lipinski definition) is 3. The highest BCUT2D eigenvalue weighted by atomic mass is 16.2. The summed E-state index contributed by atoms with van der Waals surface area (Å²) in [6.07, 6.45) is 1.88. The van der Waals surface area contributed by atoms with Gasteiger partial charge in [0.1, 0.15) is 0 Å². The molecule has 6 nitrogen and oxygen atoms in total. The molecule has 2 unspecified atom stereocenters. The Labute approximate surface area is 156 Å². The number of nitrogens with one attached hydrogen (secondary N) is 2. The van der Waals surface area contributed by atoms with E-state index in [1.165, 1.54) is 5.56 Å². The first-order valence-corrected chi connectivity index (χ1v) is 9.96. The quantitative estimate of drug-likeness (QED) is 0.652. The summed E-state index contributed by atoms with van der Waals surface area (Å²) in [5.41, 5.74) is 6.87. The number of benzene rings is 1. The number of hydrogen-bond acceptors (Lipinski definition) is 4. The summed E-state index contributed by atoms with van der Waals surface area (Å²) in [5.74, 6) is 0.481. The number of urea groups is 1. The van der Waals surface area contributed by atoms with Crippen molar-refractivity contribution in [3.63, 3.8) is 0 Å². The van der Waals surface area contributed by atoms with E-state index in [-0.39, 0.29) is 17.5 Å². The molecule has 4 aliphatic rings. The third kappa shape index (κ3) is 3.33. The summed E-state index contributed by atoms with van der Waals surface area (Å²) in [4.78, 5) is 17.8. The molecule has 4 fully saturated rings. The molecule has 4 saturated heterocycles. The fourth-order valence-corrected chi connectivity index (χ4v) is 5.23. The standard InChI is InChI=1S/C20H31N5O/c21-8-4-5-9-22-19(26)23-18-16-12-24-10-11-25(13-16)15-20(18,14-24)17-6-2-1-3-7-17/h1-3,6-7,16,18H,4-5,8-15,21H2,(H2,22,23,26)/t16?,18-,20?/m1/s1. The second-order valence-corrected chi connectivity index (χ2v) is 8.13. The van der Waals surface area contributed by atoms with Crippen LogP contribution in [0.4, 0.5) is 4.79 Å². The maximum absolute atomic E-state index is 12.6. The van der Waals surface area contributed by atoms with Crippen LogP contribution in [0.1, 0.15) is 18.4 Å². The van der Waals surface area contributed by atoms with Crippen LogP contribution >= 0.6 is 0 Å². The van der Waals surface area contributed by atoms with Crippen LogP contribution in [0.2, 0.25) is 0 Å². The molecule has 4 N–H and O–H groups in total. The van der Waals surface area contributed by atoms with E-state index in [9.17, 15) is 4.79 Å². The summed E-state index contributed by atoms with van der Waals surface area (Å²) in [5, 5.41) is 6.40. The Balaban J connectivity index is 1.55. The van der Waals surface area contributed by atoms with E-state index in [1.54, 1.807) is 0 Å². The molecular formula is C20H31N5O. The van der Waals surface area contributed by atoms with Crippen LogP contribution in [-0.2, 0) is 5.41 Å². The van der Waals surface area contributed by atoms with E-state index in [0.29, 0.717) is 19.0 Å². The number of carbonyl (C=O) groups excluding carboxylic acids is 1. The normalized spacial score (nSPS) is 35.1. The Morgan fingerprint density at radius 1 is 1.12 bits per heavy atom. The second kappa shape index (κ2) is 7.55. The monoisotopic (exact) mass is 357 g/mol. The smallest absolute Gasteiger partial charge is 0.315 e. The lowest BCUT2D eigenvalue weighted by molar-refractivity contribution is 0.0230. The minimum atomic E-state index is -0.0292. The minimum Gasteiger partial charge on any atom is -0.338 e. The van der Waals surface area contributed by atoms with Gasteiger partial charge >= 0.3 is 6.03 Å². The third-order valence-electron chi connectivity index (χ3n) is 6.35. The topological polar surface area (TPSA) is 73.6 Å². The van der Waals surface area contributed by atoms with Gasteiger partial charge in [0.05, 0.1) is 0 Å². The van der Waals surface area contributed by atoms with Crippen LogP contribution in [0.25, 0.3) is 0 Å². The van der Waals surface area contributed by atoms with E-state index >= 15 is 0 Å². The minimum absolute atomic E-state index is 0.0203. The summed E-state index contributed by atoms with van der Waals surface area (Å²) >= 11 is 0. The lowest BCUT2D eigenvalue weighted by Crippen LogP contribution is -2.71. The molecule has 0 radical (unpaired) electrons. The SMILES string of the molecule is NCCCCNC(=O)N[C@@H]1C2CN3CCN(C2)CC1(c1ccccc1)C3. The molecule has 5 rings (SSSR count). The molecule has 0 saturated carbocycles. The molecule has 142 valence electrons. The van der Waals surface area contributed by atoms with E-state index in [1.807, 2.05) is 0 Å². The maximum atomic E-state index is 12.6. The summed E-state index contributed by atoms with van der Waals surface area (Å²) in [6, 6.07) is 11.0. The average Bonchev–Trinajstić information content (AvgIpc) is 2.91. The van der Waals surface area contributed by atoms with Gasteiger partial charge in [-0.2, -0.15) is 0 Å².